The Kier molecular flexibility index (Phi) is 8.36. The molecule has 1 heterocycles. The molecule has 1 aliphatic heterocycles. The van der Waals surface area contributed by atoms with Crippen LogP contribution in [0, 0.1) is 0 Å². The second kappa shape index (κ2) is 11.4. The van der Waals surface area contributed by atoms with Crippen molar-refractivity contribution in [2.75, 3.05) is 29.0 Å². The fourth-order valence-electron chi connectivity index (χ4n) is 3.69. The predicted octanol–water partition coefficient (Wildman–Crippen LogP) is 6.27. The van der Waals surface area contributed by atoms with E-state index >= 15 is 0 Å². The number of hydrogen-bond donors (Lipinski definition) is 3. The highest BCUT2D eigenvalue weighted by Crippen LogP contribution is 2.27. The van der Waals surface area contributed by atoms with Gasteiger partial charge in [-0.2, -0.15) is 0 Å². The SMILES string of the molecule is CC(C)(C)OC(=O)Nc1ccc(-c2ccccc2)cc1N.O=C(O)c1ccc(N2CCCC2)cc1. The second-order valence-electron chi connectivity index (χ2n) is 9.34. The molecule has 0 aromatic heterocycles. The first-order valence-electron chi connectivity index (χ1n) is 11.7. The van der Waals surface area contributed by atoms with Crippen molar-refractivity contribution in [2.45, 2.75) is 39.2 Å². The average Bonchev–Trinajstić information content (AvgIpc) is 3.35. The Morgan fingerprint density at radius 3 is 2.09 bits per heavy atom. The summed E-state index contributed by atoms with van der Waals surface area (Å²) >= 11 is 0. The van der Waals surface area contributed by atoms with Crippen molar-refractivity contribution in [2.24, 2.45) is 0 Å². The Morgan fingerprint density at radius 2 is 1.54 bits per heavy atom. The van der Waals surface area contributed by atoms with Gasteiger partial charge in [-0.25, -0.2) is 9.59 Å². The first-order valence-corrected chi connectivity index (χ1v) is 11.7. The fraction of sp³-hybridized carbons (Fsp3) is 0.286. The normalized spacial score (nSPS) is 12.9. The number of hydrogen-bond acceptors (Lipinski definition) is 5. The van der Waals surface area contributed by atoms with E-state index in [4.69, 9.17) is 15.6 Å². The Balaban J connectivity index is 0.000000211. The van der Waals surface area contributed by atoms with Crippen LogP contribution in [0.4, 0.5) is 21.9 Å². The monoisotopic (exact) mass is 475 g/mol. The summed E-state index contributed by atoms with van der Waals surface area (Å²) in [5, 5.41) is 11.4. The number of carbonyl (C=O) groups excluding carboxylic acids is 1. The van der Waals surface area contributed by atoms with Gasteiger partial charge in [-0.1, -0.05) is 36.4 Å². The third-order valence-electron chi connectivity index (χ3n) is 5.38. The minimum absolute atomic E-state index is 0.355. The van der Waals surface area contributed by atoms with Gasteiger partial charge in [-0.05, 0) is 81.1 Å². The van der Waals surface area contributed by atoms with Gasteiger partial charge in [0.2, 0.25) is 0 Å². The molecule has 3 aromatic carbocycles. The maximum atomic E-state index is 11.7. The molecule has 4 rings (SSSR count). The number of carbonyl (C=O) groups is 2. The number of aromatic carboxylic acids is 1. The van der Waals surface area contributed by atoms with E-state index in [2.05, 4.69) is 10.2 Å². The number of anilines is 3. The van der Waals surface area contributed by atoms with Crippen LogP contribution in [0.1, 0.15) is 44.0 Å². The van der Waals surface area contributed by atoms with Crippen LogP contribution < -0.4 is 16.0 Å². The third-order valence-corrected chi connectivity index (χ3v) is 5.38. The number of nitrogens with zero attached hydrogens (tertiary/aromatic N) is 1. The number of amides is 1. The van der Waals surface area contributed by atoms with Gasteiger partial charge in [-0.3, -0.25) is 5.32 Å². The topological polar surface area (TPSA) is 105 Å². The number of benzene rings is 3. The van der Waals surface area contributed by atoms with Crippen LogP contribution in [0.15, 0.2) is 72.8 Å². The molecule has 1 amide bonds. The molecule has 3 aromatic rings. The lowest BCUT2D eigenvalue weighted by molar-refractivity contribution is 0.0634. The first-order chi connectivity index (χ1) is 16.6. The number of ether oxygens (including phenoxy) is 1. The molecule has 0 bridgehead atoms. The summed E-state index contributed by atoms with van der Waals surface area (Å²) in [6, 6.07) is 22.5. The summed E-state index contributed by atoms with van der Waals surface area (Å²) in [7, 11) is 0. The van der Waals surface area contributed by atoms with Gasteiger partial charge in [0.05, 0.1) is 16.9 Å². The smallest absolute Gasteiger partial charge is 0.412 e. The van der Waals surface area contributed by atoms with Crippen molar-refractivity contribution in [3.8, 4) is 11.1 Å². The molecule has 184 valence electrons. The summed E-state index contributed by atoms with van der Waals surface area (Å²) < 4.78 is 5.21. The lowest BCUT2D eigenvalue weighted by Gasteiger charge is -2.20. The average molecular weight is 476 g/mol. The van der Waals surface area contributed by atoms with Crippen LogP contribution in [0.3, 0.4) is 0 Å². The van der Waals surface area contributed by atoms with E-state index in [1.807, 2.05) is 75.4 Å². The molecular weight excluding hydrogens is 442 g/mol. The number of rotatable bonds is 4. The van der Waals surface area contributed by atoms with Crippen LogP contribution in [0.2, 0.25) is 0 Å². The molecule has 1 fully saturated rings. The summed E-state index contributed by atoms with van der Waals surface area (Å²) in [5.41, 5.74) is 10.1. The van der Waals surface area contributed by atoms with E-state index < -0.39 is 17.7 Å². The lowest BCUT2D eigenvalue weighted by atomic mass is 10.0. The molecule has 0 aliphatic carbocycles. The molecule has 0 atom stereocenters. The quantitative estimate of drug-likeness (QED) is 0.384. The summed E-state index contributed by atoms with van der Waals surface area (Å²) in [6.45, 7) is 7.62. The van der Waals surface area contributed by atoms with Crippen LogP contribution in [-0.2, 0) is 4.74 Å². The zero-order valence-electron chi connectivity index (χ0n) is 20.5. The fourth-order valence-corrected chi connectivity index (χ4v) is 3.69. The molecule has 0 saturated carbocycles. The molecule has 7 nitrogen and oxygen atoms in total. The zero-order chi connectivity index (χ0) is 25.4. The number of nitrogens with two attached hydrogens (primary N) is 1. The number of carboxylic acid groups (broad SMARTS) is 1. The molecular formula is C28H33N3O4. The molecule has 0 spiro atoms. The Morgan fingerprint density at radius 1 is 0.914 bits per heavy atom. The molecule has 0 unspecified atom stereocenters. The summed E-state index contributed by atoms with van der Waals surface area (Å²) in [4.78, 5) is 24.6. The molecule has 1 saturated heterocycles. The summed E-state index contributed by atoms with van der Waals surface area (Å²) in [6.07, 6.45) is 1.96. The highest BCUT2D eigenvalue weighted by molar-refractivity contribution is 5.90. The van der Waals surface area contributed by atoms with E-state index in [1.54, 1.807) is 18.2 Å². The molecule has 1 aliphatic rings. The second-order valence-corrected chi connectivity index (χ2v) is 9.34. The van der Waals surface area contributed by atoms with Gasteiger partial charge in [0.25, 0.3) is 0 Å². The maximum absolute atomic E-state index is 11.7. The van der Waals surface area contributed by atoms with Crippen molar-refractivity contribution in [3.63, 3.8) is 0 Å². The van der Waals surface area contributed by atoms with E-state index in [9.17, 15) is 9.59 Å². The van der Waals surface area contributed by atoms with Gasteiger partial charge in [0.1, 0.15) is 5.60 Å². The zero-order valence-corrected chi connectivity index (χ0v) is 20.5. The van der Waals surface area contributed by atoms with Gasteiger partial charge in [0.15, 0.2) is 0 Å². The van der Waals surface area contributed by atoms with Crippen molar-refractivity contribution in [1.82, 2.24) is 0 Å². The predicted molar refractivity (Wildman–Crippen MR) is 141 cm³/mol. The number of nitrogen functional groups attached to an aromatic ring is 1. The van der Waals surface area contributed by atoms with Gasteiger partial charge >= 0.3 is 12.1 Å². The van der Waals surface area contributed by atoms with Gasteiger partial charge in [0, 0.05) is 18.8 Å². The minimum atomic E-state index is -0.863. The number of carboxylic acids is 1. The molecule has 0 radical (unpaired) electrons. The molecule has 7 heteroatoms. The van der Waals surface area contributed by atoms with E-state index in [0.29, 0.717) is 16.9 Å². The standard InChI is InChI=1S/C17H20N2O2.C11H13NO2/c1-17(2,3)21-16(20)19-15-10-9-13(11-14(15)18)12-7-5-4-6-8-12;13-11(14)9-3-5-10(6-4-9)12-7-1-2-8-12/h4-11H,18H2,1-3H3,(H,19,20);3-6H,1-2,7-8H2,(H,13,14). The van der Waals surface area contributed by atoms with Crippen LogP contribution >= 0.6 is 0 Å². The minimum Gasteiger partial charge on any atom is -0.478 e. The van der Waals surface area contributed by atoms with E-state index in [1.165, 1.54) is 12.8 Å². The van der Waals surface area contributed by atoms with Crippen molar-refractivity contribution in [1.29, 1.82) is 0 Å². The molecule has 4 N–H and O–H groups in total. The van der Waals surface area contributed by atoms with Gasteiger partial charge in [-0.15, -0.1) is 0 Å². The lowest BCUT2D eigenvalue weighted by Crippen LogP contribution is -2.27. The highest BCUT2D eigenvalue weighted by Gasteiger charge is 2.17. The number of nitrogens with one attached hydrogen (secondary N) is 1. The van der Waals surface area contributed by atoms with Crippen molar-refractivity contribution >= 4 is 29.1 Å². The maximum Gasteiger partial charge on any atom is 0.412 e. The van der Waals surface area contributed by atoms with Crippen LogP contribution in [0.25, 0.3) is 11.1 Å². The highest BCUT2D eigenvalue weighted by atomic mass is 16.6. The van der Waals surface area contributed by atoms with Crippen LogP contribution in [-0.4, -0.2) is 35.9 Å². The van der Waals surface area contributed by atoms with Crippen molar-refractivity contribution < 1.29 is 19.4 Å². The van der Waals surface area contributed by atoms with Gasteiger partial charge < -0.3 is 20.5 Å². The van der Waals surface area contributed by atoms with Crippen LogP contribution in [0.5, 0.6) is 0 Å². The Labute approximate surface area is 206 Å². The van der Waals surface area contributed by atoms with E-state index in [0.717, 1.165) is 29.9 Å². The third kappa shape index (κ3) is 7.78. The van der Waals surface area contributed by atoms with E-state index in [-0.39, 0.29) is 0 Å². The summed E-state index contributed by atoms with van der Waals surface area (Å²) in [5.74, 6) is -0.863. The first kappa shape index (κ1) is 25.6. The largest absolute Gasteiger partial charge is 0.478 e. The van der Waals surface area contributed by atoms with Crippen molar-refractivity contribution in [3.05, 3.63) is 78.4 Å². The Bertz CT molecular complexity index is 1130. The molecule has 35 heavy (non-hydrogen) atoms. The Hall–Kier alpha value is -4.00.